The Balaban J connectivity index is 1.40. The lowest BCUT2D eigenvalue weighted by molar-refractivity contribution is -0.136. The van der Waals surface area contributed by atoms with Gasteiger partial charge in [0.2, 0.25) is 0 Å². The molecule has 1 heterocycles. The van der Waals surface area contributed by atoms with Gasteiger partial charge < -0.3 is 25.6 Å². The van der Waals surface area contributed by atoms with E-state index in [1.807, 2.05) is 24.3 Å². The van der Waals surface area contributed by atoms with Gasteiger partial charge in [0.05, 0.1) is 12.8 Å². The minimum Gasteiger partial charge on any atom is -0.495 e. The average molecular weight is 439 g/mol. The summed E-state index contributed by atoms with van der Waals surface area (Å²) >= 11 is 0. The van der Waals surface area contributed by atoms with Crippen LogP contribution in [0.15, 0.2) is 48.5 Å². The molecule has 3 N–H and O–H groups in total. The Hall–Kier alpha value is -3.55. The first-order chi connectivity index (χ1) is 15.5. The molecule has 0 atom stereocenters. The summed E-state index contributed by atoms with van der Waals surface area (Å²) in [6.45, 7) is 3.62. The van der Waals surface area contributed by atoms with Crippen molar-refractivity contribution in [3.8, 4) is 5.75 Å². The predicted octanol–water partition coefficient (Wildman–Crippen LogP) is 3.26. The molecule has 1 saturated heterocycles. The summed E-state index contributed by atoms with van der Waals surface area (Å²) in [7, 11) is 1.56. The van der Waals surface area contributed by atoms with E-state index in [0.717, 1.165) is 24.8 Å². The van der Waals surface area contributed by atoms with Gasteiger partial charge in [0.1, 0.15) is 5.75 Å². The second kappa shape index (κ2) is 11.2. The molecule has 0 spiro atoms. The van der Waals surface area contributed by atoms with Crippen molar-refractivity contribution in [3.63, 3.8) is 0 Å². The summed E-state index contributed by atoms with van der Waals surface area (Å²) < 4.78 is 5.27. The van der Waals surface area contributed by atoms with E-state index in [4.69, 9.17) is 4.74 Å². The third-order valence-electron chi connectivity index (χ3n) is 5.63. The number of benzene rings is 2. The molecule has 8 heteroatoms. The van der Waals surface area contributed by atoms with Gasteiger partial charge in [-0.1, -0.05) is 31.2 Å². The van der Waals surface area contributed by atoms with E-state index < -0.39 is 11.8 Å². The van der Waals surface area contributed by atoms with Crippen LogP contribution in [0, 0.1) is 5.92 Å². The number of carbonyl (C=O) groups is 3. The second-order valence-electron chi connectivity index (χ2n) is 7.78. The summed E-state index contributed by atoms with van der Waals surface area (Å²) in [6.07, 6.45) is 2.41. The number of likely N-dealkylation sites (tertiary alicyclic amines) is 1. The summed E-state index contributed by atoms with van der Waals surface area (Å²) in [5.74, 6) is -0.507. The Labute approximate surface area is 188 Å². The van der Waals surface area contributed by atoms with Crippen LogP contribution in [0.25, 0.3) is 0 Å². The molecular weight excluding hydrogens is 408 g/mol. The number of amides is 4. The van der Waals surface area contributed by atoms with Crippen molar-refractivity contribution in [3.05, 3.63) is 54.1 Å². The number of carbonyl (C=O) groups excluding carboxylic acids is 3. The van der Waals surface area contributed by atoms with Gasteiger partial charge in [0, 0.05) is 25.3 Å². The number of rotatable bonds is 6. The van der Waals surface area contributed by atoms with Crippen molar-refractivity contribution in [2.75, 3.05) is 37.4 Å². The molecule has 0 aliphatic carbocycles. The van der Waals surface area contributed by atoms with Crippen LogP contribution in [0.3, 0.4) is 0 Å². The van der Waals surface area contributed by atoms with E-state index >= 15 is 0 Å². The number of ether oxygens (including phenoxy) is 1. The number of hydrogen-bond acceptors (Lipinski definition) is 4. The fourth-order valence-electron chi connectivity index (χ4n) is 3.61. The highest BCUT2D eigenvalue weighted by molar-refractivity contribution is 6.39. The highest BCUT2D eigenvalue weighted by Crippen LogP contribution is 2.24. The molecule has 8 nitrogen and oxygen atoms in total. The molecule has 3 rings (SSSR count). The van der Waals surface area contributed by atoms with E-state index in [9.17, 15) is 14.4 Å². The molecule has 0 unspecified atom stereocenters. The van der Waals surface area contributed by atoms with Crippen LogP contribution in [-0.2, 0) is 16.0 Å². The number of methoxy groups -OCH3 is 1. The Morgan fingerprint density at radius 1 is 0.969 bits per heavy atom. The molecule has 170 valence electrons. The maximum absolute atomic E-state index is 12.5. The lowest BCUT2D eigenvalue weighted by atomic mass is 9.97. The topological polar surface area (TPSA) is 99.8 Å². The molecule has 2 aromatic rings. The maximum atomic E-state index is 12.5. The molecule has 0 saturated carbocycles. The third-order valence-corrected chi connectivity index (χ3v) is 5.63. The van der Waals surface area contributed by atoms with E-state index in [1.54, 1.807) is 36.3 Å². The quantitative estimate of drug-likeness (QED) is 0.603. The number of urea groups is 1. The van der Waals surface area contributed by atoms with Crippen LogP contribution >= 0.6 is 0 Å². The lowest BCUT2D eigenvalue weighted by Crippen LogP contribution is -2.44. The standard InChI is InChI=1S/C24H30N4O4/c1-3-17-8-10-19(11-9-17)26-23(30)22(29)25-16-18-12-14-28(15-13-18)24(31)27-20-6-4-5-7-21(20)32-2/h4-11,18H,3,12-16H2,1-2H3,(H,25,29)(H,26,30)(H,27,31). The number of hydrogen-bond donors (Lipinski definition) is 3. The Kier molecular flexibility index (Phi) is 8.08. The zero-order valence-corrected chi connectivity index (χ0v) is 18.5. The number of piperidine rings is 1. The Bertz CT molecular complexity index is 937. The van der Waals surface area contributed by atoms with Crippen molar-refractivity contribution < 1.29 is 19.1 Å². The summed E-state index contributed by atoms with van der Waals surface area (Å²) in [4.78, 5) is 38.5. The highest BCUT2D eigenvalue weighted by atomic mass is 16.5. The van der Waals surface area contributed by atoms with E-state index in [-0.39, 0.29) is 11.9 Å². The number of aryl methyl sites for hydroxylation is 1. The first kappa shape index (κ1) is 23.1. The van der Waals surface area contributed by atoms with Gasteiger partial charge in [0.25, 0.3) is 0 Å². The molecule has 1 fully saturated rings. The summed E-state index contributed by atoms with van der Waals surface area (Å²) in [6, 6.07) is 14.5. The van der Waals surface area contributed by atoms with Crippen LogP contribution in [0.5, 0.6) is 5.75 Å². The van der Waals surface area contributed by atoms with Gasteiger partial charge in [-0.15, -0.1) is 0 Å². The fourth-order valence-corrected chi connectivity index (χ4v) is 3.61. The maximum Gasteiger partial charge on any atom is 0.321 e. The van der Waals surface area contributed by atoms with Crippen LogP contribution in [0.1, 0.15) is 25.3 Å². The minimum absolute atomic E-state index is 0.176. The normalized spacial score (nSPS) is 13.9. The van der Waals surface area contributed by atoms with Gasteiger partial charge in [-0.2, -0.15) is 0 Å². The lowest BCUT2D eigenvalue weighted by Gasteiger charge is -2.32. The molecule has 32 heavy (non-hydrogen) atoms. The monoisotopic (exact) mass is 438 g/mol. The highest BCUT2D eigenvalue weighted by Gasteiger charge is 2.24. The van der Waals surface area contributed by atoms with E-state index in [0.29, 0.717) is 36.8 Å². The zero-order chi connectivity index (χ0) is 22.9. The summed E-state index contributed by atoms with van der Waals surface area (Å²) in [5, 5.41) is 8.20. The molecule has 0 bridgehead atoms. The fraction of sp³-hybridized carbons (Fsp3) is 0.375. The third kappa shape index (κ3) is 6.23. The van der Waals surface area contributed by atoms with Crippen LogP contribution < -0.4 is 20.7 Å². The number of nitrogens with zero attached hydrogens (tertiary/aromatic N) is 1. The Morgan fingerprint density at radius 3 is 2.31 bits per heavy atom. The van der Waals surface area contributed by atoms with Crippen molar-refractivity contribution in [2.24, 2.45) is 5.92 Å². The van der Waals surface area contributed by atoms with Crippen molar-refractivity contribution in [1.82, 2.24) is 10.2 Å². The van der Waals surface area contributed by atoms with E-state index in [2.05, 4.69) is 22.9 Å². The molecular formula is C24H30N4O4. The SMILES string of the molecule is CCc1ccc(NC(=O)C(=O)NCC2CCN(C(=O)Nc3ccccc3OC)CC2)cc1. The number of para-hydroxylation sites is 2. The first-order valence-corrected chi connectivity index (χ1v) is 10.9. The zero-order valence-electron chi connectivity index (χ0n) is 18.5. The average Bonchev–Trinajstić information content (AvgIpc) is 2.83. The van der Waals surface area contributed by atoms with Gasteiger partial charge in [-0.3, -0.25) is 9.59 Å². The van der Waals surface area contributed by atoms with Gasteiger partial charge in [-0.05, 0) is 55.0 Å². The van der Waals surface area contributed by atoms with Crippen LogP contribution in [0.4, 0.5) is 16.2 Å². The van der Waals surface area contributed by atoms with Crippen LogP contribution in [0.2, 0.25) is 0 Å². The van der Waals surface area contributed by atoms with Crippen molar-refractivity contribution >= 4 is 29.2 Å². The molecule has 2 aromatic carbocycles. The summed E-state index contributed by atoms with van der Waals surface area (Å²) in [5.41, 5.74) is 2.39. The second-order valence-corrected chi connectivity index (χ2v) is 7.78. The minimum atomic E-state index is -0.678. The van der Waals surface area contributed by atoms with Gasteiger partial charge in [0.15, 0.2) is 0 Å². The molecule has 1 aliphatic rings. The predicted molar refractivity (Wildman–Crippen MR) is 124 cm³/mol. The first-order valence-electron chi connectivity index (χ1n) is 10.9. The number of nitrogens with one attached hydrogen (secondary N) is 3. The number of anilines is 2. The van der Waals surface area contributed by atoms with Gasteiger partial charge in [-0.25, -0.2) is 4.79 Å². The van der Waals surface area contributed by atoms with Crippen molar-refractivity contribution in [2.45, 2.75) is 26.2 Å². The largest absolute Gasteiger partial charge is 0.495 e. The van der Waals surface area contributed by atoms with E-state index in [1.165, 1.54) is 0 Å². The smallest absolute Gasteiger partial charge is 0.321 e. The Morgan fingerprint density at radius 2 is 1.66 bits per heavy atom. The van der Waals surface area contributed by atoms with Crippen LogP contribution in [-0.4, -0.2) is 49.5 Å². The molecule has 0 aromatic heterocycles. The van der Waals surface area contributed by atoms with Gasteiger partial charge >= 0.3 is 17.8 Å². The molecule has 1 aliphatic heterocycles. The van der Waals surface area contributed by atoms with Crippen molar-refractivity contribution in [1.29, 1.82) is 0 Å². The molecule has 4 amide bonds. The molecule has 0 radical (unpaired) electrons.